The summed E-state index contributed by atoms with van der Waals surface area (Å²) in [7, 11) is 0. The summed E-state index contributed by atoms with van der Waals surface area (Å²) >= 11 is 0. The summed E-state index contributed by atoms with van der Waals surface area (Å²) in [5, 5.41) is 0. The van der Waals surface area contributed by atoms with Crippen molar-refractivity contribution in [3.05, 3.63) is 12.7 Å². The molecule has 0 spiro atoms. The molecule has 1 rings (SSSR count). The molecule has 78 valence electrons. The molecule has 0 aliphatic carbocycles. The largest absolute Gasteiger partial charge is 0.509 e. The number of esters is 1. The molecule has 0 aromatic rings. The third-order valence-corrected chi connectivity index (χ3v) is 1.65. The quantitative estimate of drug-likeness (QED) is 0.377. The van der Waals surface area contributed by atoms with E-state index < -0.39 is 18.2 Å². The van der Waals surface area contributed by atoms with Crippen molar-refractivity contribution in [3.8, 4) is 0 Å². The molecule has 0 aromatic carbocycles. The van der Waals surface area contributed by atoms with Gasteiger partial charge in [-0.1, -0.05) is 6.08 Å². The second-order valence-corrected chi connectivity index (χ2v) is 2.77. The van der Waals surface area contributed by atoms with Gasteiger partial charge in [-0.15, -0.1) is 6.58 Å². The second kappa shape index (κ2) is 5.26. The average molecular weight is 200 g/mol. The maximum absolute atomic E-state index is 11.1. The Hall–Kier alpha value is -1.52. The summed E-state index contributed by atoms with van der Waals surface area (Å²) in [6.45, 7) is 3.78. The average Bonchev–Trinajstić information content (AvgIpc) is 2.59. The normalized spacial score (nSPS) is 19.7. The topological polar surface area (TPSA) is 61.8 Å². The molecule has 0 saturated carbocycles. The fourth-order valence-electron chi connectivity index (χ4n) is 0.937. The Morgan fingerprint density at radius 3 is 3.07 bits per heavy atom. The first-order valence-corrected chi connectivity index (χ1v) is 4.35. The lowest BCUT2D eigenvalue weighted by atomic mass is 10.3. The first-order valence-electron chi connectivity index (χ1n) is 4.35. The zero-order chi connectivity index (χ0) is 10.4. The predicted molar refractivity (Wildman–Crippen MR) is 46.6 cm³/mol. The van der Waals surface area contributed by atoms with Gasteiger partial charge in [-0.3, -0.25) is 0 Å². The van der Waals surface area contributed by atoms with Crippen LogP contribution < -0.4 is 0 Å². The van der Waals surface area contributed by atoms with Crippen LogP contribution in [0.15, 0.2) is 12.7 Å². The van der Waals surface area contributed by atoms with Gasteiger partial charge in [0.1, 0.15) is 6.61 Å². The van der Waals surface area contributed by atoms with Crippen LogP contribution >= 0.6 is 0 Å². The molecule has 1 unspecified atom stereocenters. The predicted octanol–water partition coefficient (Wildman–Crippen LogP) is 1.03. The minimum atomic E-state index is -0.897. The fraction of sp³-hybridized carbons (Fsp3) is 0.556. The van der Waals surface area contributed by atoms with Crippen LogP contribution in [0.5, 0.6) is 0 Å². The van der Waals surface area contributed by atoms with E-state index in [-0.39, 0.29) is 6.61 Å². The minimum absolute atomic E-state index is 0.0564. The van der Waals surface area contributed by atoms with Gasteiger partial charge < -0.3 is 14.2 Å². The zero-order valence-electron chi connectivity index (χ0n) is 7.73. The summed E-state index contributed by atoms with van der Waals surface area (Å²) in [5.74, 6) is -0.556. The van der Waals surface area contributed by atoms with E-state index in [0.717, 1.165) is 12.8 Å². The van der Waals surface area contributed by atoms with E-state index in [1.807, 2.05) is 0 Å². The molecule has 5 heteroatoms. The van der Waals surface area contributed by atoms with Crippen LogP contribution in [0.2, 0.25) is 0 Å². The molecule has 1 atom stereocenters. The van der Waals surface area contributed by atoms with Crippen molar-refractivity contribution in [1.82, 2.24) is 0 Å². The molecule has 14 heavy (non-hydrogen) atoms. The molecule has 1 saturated heterocycles. The zero-order valence-corrected chi connectivity index (χ0v) is 7.73. The molecule has 0 bridgehead atoms. The van der Waals surface area contributed by atoms with Gasteiger partial charge in [0.15, 0.2) is 0 Å². The monoisotopic (exact) mass is 200 g/mol. The Morgan fingerprint density at radius 2 is 2.50 bits per heavy atom. The second-order valence-electron chi connectivity index (χ2n) is 2.77. The molecule has 5 nitrogen and oxygen atoms in total. The summed E-state index contributed by atoms with van der Waals surface area (Å²) < 4.78 is 13.8. The Bertz CT molecular complexity index is 235. The SMILES string of the molecule is C=CCCCOC(=O)C1COC(=O)O1. The van der Waals surface area contributed by atoms with Crippen molar-refractivity contribution in [2.45, 2.75) is 18.9 Å². The third kappa shape index (κ3) is 3.08. The van der Waals surface area contributed by atoms with Gasteiger partial charge in [0.25, 0.3) is 0 Å². The number of hydrogen-bond donors (Lipinski definition) is 0. The molecular weight excluding hydrogens is 188 g/mol. The van der Waals surface area contributed by atoms with E-state index >= 15 is 0 Å². The number of ether oxygens (including phenoxy) is 3. The van der Waals surface area contributed by atoms with Gasteiger partial charge in [0.2, 0.25) is 6.10 Å². The highest BCUT2D eigenvalue weighted by atomic mass is 16.8. The van der Waals surface area contributed by atoms with Crippen LogP contribution in [-0.4, -0.2) is 31.4 Å². The van der Waals surface area contributed by atoms with E-state index in [2.05, 4.69) is 16.1 Å². The van der Waals surface area contributed by atoms with Crippen LogP contribution in [0, 0.1) is 0 Å². The van der Waals surface area contributed by atoms with Crippen LogP contribution in [0.25, 0.3) is 0 Å². The standard InChI is InChI=1S/C9H12O5/c1-2-3-4-5-12-8(10)7-6-13-9(11)14-7/h2,7H,1,3-6H2. The smallest absolute Gasteiger partial charge is 0.463 e. The van der Waals surface area contributed by atoms with Crippen molar-refractivity contribution in [2.24, 2.45) is 0 Å². The summed E-state index contributed by atoms with van der Waals surface area (Å²) in [5.41, 5.74) is 0. The first kappa shape index (κ1) is 10.6. The fourth-order valence-corrected chi connectivity index (χ4v) is 0.937. The molecule has 1 heterocycles. The highest BCUT2D eigenvalue weighted by Crippen LogP contribution is 2.07. The van der Waals surface area contributed by atoms with Crippen LogP contribution in [-0.2, 0) is 19.0 Å². The van der Waals surface area contributed by atoms with Crippen molar-refractivity contribution >= 4 is 12.1 Å². The van der Waals surface area contributed by atoms with Crippen LogP contribution in [0.3, 0.4) is 0 Å². The summed E-state index contributed by atoms with van der Waals surface area (Å²) in [6, 6.07) is 0. The van der Waals surface area contributed by atoms with Crippen molar-refractivity contribution in [3.63, 3.8) is 0 Å². The minimum Gasteiger partial charge on any atom is -0.463 e. The van der Waals surface area contributed by atoms with Crippen molar-refractivity contribution in [2.75, 3.05) is 13.2 Å². The molecule has 1 aliphatic rings. The molecule has 0 aromatic heterocycles. The highest BCUT2D eigenvalue weighted by molar-refractivity contribution is 5.79. The number of rotatable bonds is 5. The first-order chi connectivity index (χ1) is 6.74. The Morgan fingerprint density at radius 1 is 1.71 bits per heavy atom. The Kier molecular flexibility index (Phi) is 3.97. The van der Waals surface area contributed by atoms with Gasteiger partial charge in [0, 0.05) is 0 Å². The maximum Gasteiger partial charge on any atom is 0.509 e. The van der Waals surface area contributed by atoms with E-state index in [4.69, 9.17) is 4.74 Å². The lowest BCUT2D eigenvalue weighted by Gasteiger charge is -2.06. The van der Waals surface area contributed by atoms with Gasteiger partial charge in [-0.2, -0.15) is 0 Å². The molecular formula is C9H12O5. The molecule has 0 N–H and O–H groups in total. The summed E-state index contributed by atoms with van der Waals surface area (Å²) in [4.78, 5) is 21.6. The number of unbranched alkanes of at least 4 members (excludes halogenated alkanes) is 1. The maximum atomic E-state index is 11.1. The Balaban J connectivity index is 2.15. The number of hydrogen-bond acceptors (Lipinski definition) is 5. The Labute approximate surface area is 81.6 Å². The summed E-state index contributed by atoms with van der Waals surface area (Å²) in [6.07, 6.45) is 1.53. The van der Waals surface area contributed by atoms with E-state index in [1.54, 1.807) is 6.08 Å². The number of cyclic esters (lactones) is 2. The number of allylic oxidation sites excluding steroid dienone is 1. The van der Waals surface area contributed by atoms with E-state index in [0.29, 0.717) is 6.61 Å². The molecule has 1 fully saturated rings. The van der Waals surface area contributed by atoms with Crippen molar-refractivity contribution < 1.29 is 23.8 Å². The highest BCUT2D eigenvalue weighted by Gasteiger charge is 2.32. The third-order valence-electron chi connectivity index (χ3n) is 1.65. The molecule has 0 amide bonds. The van der Waals surface area contributed by atoms with Crippen LogP contribution in [0.4, 0.5) is 4.79 Å². The van der Waals surface area contributed by atoms with E-state index in [9.17, 15) is 9.59 Å². The molecule has 1 aliphatic heterocycles. The van der Waals surface area contributed by atoms with Crippen LogP contribution in [0.1, 0.15) is 12.8 Å². The lowest BCUT2D eigenvalue weighted by molar-refractivity contribution is -0.151. The van der Waals surface area contributed by atoms with E-state index in [1.165, 1.54) is 0 Å². The lowest BCUT2D eigenvalue weighted by Crippen LogP contribution is -2.25. The van der Waals surface area contributed by atoms with Crippen molar-refractivity contribution in [1.29, 1.82) is 0 Å². The van der Waals surface area contributed by atoms with Gasteiger partial charge >= 0.3 is 12.1 Å². The molecule has 0 radical (unpaired) electrons. The number of carbonyl (C=O) groups is 2. The van der Waals surface area contributed by atoms with Gasteiger partial charge in [0.05, 0.1) is 6.61 Å². The van der Waals surface area contributed by atoms with Gasteiger partial charge in [-0.05, 0) is 12.8 Å². The van der Waals surface area contributed by atoms with Gasteiger partial charge in [-0.25, -0.2) is 9.59 Å². The number of carbonyl (C=O) groups excluding carboxylic acids is 2.